The van der Waals surface area contributed by atoms with E-state index in [2.05, 4.69) is 11.1 Å². The summed E-state index contributed by atoms with van der Waals surface area (Å²) in [6.07, 6.45) is 1.53. The lowest BCUT2D eigenvalue weighted by Crippen LogP contribution is -2.23. The zero-order valence-electron chi connectivity index (χ0n) is 17.9. The van der Waals surface area contributed by atoms with Crippen LogP contribution in [-0.4, -0.2) is 21.2 Å². The zero-order valence-corrected chi connectivity index (χ0v) is 17.9. The van der Waals surface area contributed by atoms with Crippen molar-refractivity contribution in [2.45, 2.75) is 20.0 Å². The molecule has 0 saturated carbocycles. The first-order valence-electron chi connectivity index (χ1n) is 10.4. The van der Waals surface area contributed by atoms with Crippen LogP contribution in [0.15, 0.2) is 77.9 Å². The second-order valence-corrected chi connectivity index (χ2v) is 7.92. The number of aryl methyl sites for hydroxylation is 1. The van der Waals surface area contributed by atoms with E-state index >= 15 is 0 Å². The lowest BCUT2D eigenvalue weighted by molar-refractivity contribution is 0.408. The molecule has 0 unspecified atom stereocenters. The number of para-hydroxylation sites is 1. The number of fused-ring (bicyclic) bond motifs is 3. The Balaban J connectivity index is 1.73. The van der Waals surface area contributed by atoms with Crippen molar-refractivity contribution in [3.05, 3.63) is 106 Å². The molecule has 2 aromatic heterocycles. The molecule has 0 N–H and O–H groups in total. The molecule has 0 fully saturated rings. The normalized spacial score (nSPS) is 11.3. The van der Waals surface area contributed by atoms with Gasteiger partial charge in [0.1, 0.15) is 22.6 Å². The van der Waals surface area contributed by atoms with E-state index in [1.54, 1.807) is 17.7 Å². The van der Waals surface area contributed by atoms with Crippen molar-refractivity contribution in [1.82, 2.24) is 14.1 Å². The maximum absolute atomic E-state index is 14.1. The zero-order chi connectivity index (χ0) is 22.2. The molecule has 3 aromatic carbocycles. The highest BCUT2D eigenvalue weighted by molar-refractivity contribution is 6.05. The predicted molar refractivity (Wildman–Crippen MR) is 124 cm³/mol. The van der Waals surface area contributed by atoms with Gasteiger partial charge in [-0.3, -0.25) is 9.36 Å². The molecule has 0 amide bonds. The summed E-state index contributed by atoms with van der Waals surface area (Å²) < 4.78 is 23.0. The topological polar surface area (TPSA) is 49.0 Å². The predicted octanol–water partition coefficient (Wildman–Crippen LogP) is 4.90. The molecule has 5 nitrogen and oxygen atoms in total. The Morgan fingerprint density at radius 1 is 1.00 bits per heavy atom. The van der Waals surface area contributed by atoms with Gasteiger partial charge in [0.15, 0.2) is 0 Å². The van der Waals surface area contributed by atoms with Gasteiger partial charge in [-0.2, -0.15) is 0 Å². The van der Waals surface area contributed by atoms with E-state index in [0.717, 1.165) is 22.2 Å². The number of ether oxygens (including phenoxy) is 1. The highest BCUT2D eigenvalue weighted by Crippen LogP contribution is 2.27. The maximum atomic E-state index is 14.1. The van der Waals surface area contributed by atoms with Crippen LogP contribution < -0.4 is 10.3 Å². The van der Waals surface area contributed by atoms with Gasteiger partial charge >= 0.3 is 0 Å². The molecule has 0 aliphatic heterocycles. The smallest absolute Gasteiger partial charge is 0.278 e. The van der Waals surface area contributed by atoms with Gasteiger partial charge in [0.05, 0.1) is 25.5 Å². The number of nitrogens with zero attached hydrogens (tertiary/aromatic N) is 3. The molecule has 2 heterocycles. The third-order valence-electron chi connectivity index (χ3n) is 5.74. The van der Waals surface area contributed by atoms with Crippen LogP contribution in [0.1, 0.15) is 16.7 Å². The van der Waals surface area contributed by atoms with Crippen molar-refractivity contribution in [2.24, 2.45) is 0 Å². The lowest BCUT2D eigenvalue weighted by atomic mass is 10.1. The van der Waals surface area contributed by atoms with E-state index in [1.807, 2.05) is 54.0 Å². The third kappa shape index (κ3) is 3.43. The van der Waals surface area contributed by atoms with Gasteiger partial charge in [0.2, 0.25) is 0 Å². The standard InChI is InChI=1S/C26H22FN3O2/c1-17-6-5-7-18(12-17)14-30-22-11-10-20(27)13-21(22)24-25(30)26(31)29(16-28-24)15-19-8-3-4-9-23(19)32-2/h3-13,16H,14-15H2,1-2H3. The molecule has 5 rings (SSSR count). The summed E-state index contributed by atoms with van der Waals surface area (Å²) in [5, 5.41) is 0.634. The van der Waals surface area contributed by atoms with Gasteiger partial charge in [-0.25, -0.2) is 9.37 Å². The number of halogens is 1. The molecule has 6 heteroatoms. The van der Waals surface area contributed by atoms with Crippen molar-refractivity contribution in [3.8, 4) is 5.75 Å². The van der Waals surface area contributed by atoms with Crippen molar-refractivity contribution < 1.29 is 9.13 Å². The fraction of sp³-hybridized carbons (Fsp3) is 0.154. The minimum absolute atomic E-state index is 0.176. The van der Waals surface area contributed by atoms with E-state index < -0.39 is 0 Å². The number of methoxy groups -OCH3 is 1. The number of aromatic nitrogens is 3. The molecule has 0 aliphatic rings. The van der Waals surface area contributed by atoms with E-state index in [4.69, 9.17) is 4.74 Å². The summed E-state index contributed by atoms with van der Waals surface area (Å²) in [7, 11) is 1.61. The summed E-state index contributed by atoms with van der Waals surface area (Å²) in [4.78, 5) is 18.2. The van der Waals surface area contributed by atoms with Crippen molar-refractivity contribution in [3.63, 3.8) is 0 Å². The molecule has 0 radical (unpaired) electrons. The average Bonchev–Trinajstić information content (AvgIpc) is 3.09. The Labute approximate surface area is 184 Å². The quantitative estimate of drug-likeness (QED) is 0.401. The molecule has 0 atom stereocenters. The molecule has 0 spiro atoms. The summed E-state index contributed by atoms with van der Waals surface area (Å²) >= 11 is 0. The van der Waals surface area contributed by atoms with Crippen molar-refractivity contribution in [1.29, 1.82) is 0 Å². The van der Waals surface area contributed by atoms with Crippen LogP contribution >= 0.6 is 0 Å². The number of hydrogen-bond donors (Lipinski definition) is 0. The molecule has 0 saturated heterocycles. The number of benzene rings is 3. The van der Waals surface area contributed by atoms with Gasteiger partial charge in [-0.1, -0.05) is 48.0 Å². The van der Waals surface area contributed by atoms with E-state index in [9.17, 15) is 9.18 Å². The Morgan fingerprint density at radius 2 is 1.84 bits per heavy atom. The second kappa shape index (κ2) is 7.96. The highest BCUT2D eigenvalue weighted by atomic mass is 19.1. The molecule has 5 aromatic rings. The summed E-state index contributed by atoms with van der Waals surface area (Å²) in [6.45, 7) is 2.85. The molecule has 160 valence electrons. The fourth-order valence-corrected chi connectivity index (χ4v) is 4.26. The minimum Gasteiger partial charge on any atom is -0.496 e. The van der Waals surface area contributed by atoms with E-state index in [1.165, 1.54) is 18.5 Å². The Kier molecular flexibility index (Phi) is 4.98. The van der Waals surface area contributed by atoms with Crippen LogP contribution in [0.2, 0.25) is 0 Å². The van der Waals surface area contributed by atoms with Crippen molar-refractivity contribution >= 4 is 21.9 Å². The van der Waals surface area contributed by atoms with Crippen LogP contribution in [0.25, 0.3) is 21.9 Å². The second-order valence-electron chi connectivity index (χ2n) is 7.92. The Morgan fingerprint density at radius 3 is 2.66 bits per heavy atom. The number of hydrogen-bond acceptors (Lipinski definition) is 3. The summed E-state index contributed by atoms with van der Waals surface area (Å²) in [5.41, 5.74) is 4.66. The van der Waals surface area contributed by atoms with Gasteiger partial charge in [0.25, 0.3) is 5.56 Å². The molecular weight excluding hydrogens is 405 g/mol. The monoisotopic (exact) mass is 427 g/mol. The maximum Gasteiger partial charge on any atom is 0.278 e. The largest absolute Gasteiger partial charge is 0.496 e. The fourth-order valence-electron chi connectivity index (χ4n) is 4.26. The number of rotatable bonds is 5. The van der Waals surface area contributed by atoms with Crippen LogP contribution in [0.5, 0.6) is 5.75 Å². The van der Waals surface area contributed by atoms with Gasteiger partial charge in [-0.15, -0.1) is 0 Å². The van der Waals surface area contributed by atoms with Crippen LogP contribution in [0.3, 0.4) is 0 Å². The van der Waals surface area contributed by atoms with E-state index in [-0.39, 0.29) is 11.4 Å². The molecule has 0 bridgehead atoms. The lowest BCUT2D eigenvalue weighted by Gasteiger charge is -2.11. The molecule has 0 aliphatic carbocycles. The highest BCUT2D eigenvalue weighted by Gasteiger charge is 2.18. The first-order chi connectivity index (χ1) is 15.5. The minimum atomic E-state index is -0.355. The summed E-state index contributed by atoms with van der Waals surface area (Å²) in [5.74, 6) is 0.356. The molecule has 32 heavy (non-hydrogen) atoms. The van der Waals surface area contributed by atoms with Gasteiger partial charge in [-0.05, 0) is 36.8 Å². The Hall–Kier alpha value is -3.93. The van der Waals surface area contributed by atoms with Gasteiger partial charge in [0, 0.05) is 17.5 Å². The average molecular weight is 427 g/mol. The third-order valence-corrected chi connectivity index (χ3v) is 5.74. The summed E-state index contributed by atoms with van der Waals surface area (Å²) in [6, 6.07) is 20.3. The molecular formula is C26H22FN3O2. The first kappa shape index (κ1) is 20.0. The van der Waals surface area contributed by atoms with Crippen LogP contribution in [0, 0.1) is 12.7 Å². The van der Waals surface area contributed by atoms with E-state index in [0.29, 0.717) is 35.3 Å². The first-order valence-corrected chi connectivity index (χ1v) is 10.4. The van der Waals surface area contributed by atoms with Crippen molar-refractivity contribution in [2.75, 3.05) is 7.11 Å². The Bertz CT molecular complexity index is 1520. The van der Waals surface area contributed by atoms with Gasteiger partial charge < -0.3 is 9.30 Å². The van der Waals surface area contributed by atoms with Crippen LogP contribution in [-0.2, 0) is 13.1 Å². The van der Waals surface area contributed by atoms with Crippen LogP contribution in [0.4, 0.5) is 4.39 Å². The SMILES string of the molecule is COc1ccccc1Cn1cnc2c3cc(F)ccc3n(Cc3cccc(C)c3)c2c1=O.